The number of amides is 2. The molecule has 0 aliphatic rings. The summed E-state index contributed by atoms with van der Waals surface area (Å²) < 4.78 is 29.6. The van der Waals surface area contributed by atoms with Crippen molar-refractivity contribution in [3.05, 3.63) is 108 Å². The minimum atomic E-state index is -3.99. The van der Waals surface area contributed by atoms with Crippen LogP contribution in [0.5, 0.6) is 0 Å². The van der Waals surface area contributed by atoms with E-state index in [9.17, 15) is 18.0 Å². The average molecular weight is 516 g/mol. The van der Waals surface area contributed by atoms with Crippen molar-refractivity contribution >= 4 is 38.4 Å². The third-order valence-electron chi connectivity index (χ3n) is 6.20. The summed E-state index contributed by atoms with van der Waals surface area (Å²) in [6.45, 7) is 4.14. The summed E-state index contributed by atoms with van der Waals surface area (Å²) in [4.78, 5) is 26.9. The van der Waals surface area contributed by atoms with Crippen LogP contribution < -0.4 is 9.62 Å². The lowest BCUT2D eigenvalue weighted by Crippen LogP contribution is -2.31. The van der Waals surface area contributed by atoms with Crippen LogP contribution in [0.25, 0.3) is 10.9 Å². The summed E-state index contributed by atoms with van der Waals surface area (Å²) in [5, 5.41) is 0.816. The molecule has 7 nitrogen and oxygen atoms in total. The van der Waals surface area contributed by atoms with Crippen molar-refractivity contribution in [2.45, 2.75) is 31.7 Å². The highest BCUT2D eigenvalue weighted by Gasteiger charge is 2.21. The normalized spacial score (nSPS) is 11.6. The van der Waals surface area contributed by atoms with E-state index in [-0.39, 0.29) is 16.4 Å². The largest absolute Gasteiger partial charge is 0.343 e. The average Bonchev–Trinajstić information content (AvgIpc) is 3.28. The van der Waals surface area contributed by atoms with E-state index in [0.717, 1.165) is 22.2 Å². The molecule has 8 heteroatoms. The van der Waals surface area contributed by atoms with E-state index < -0.39 is 15.9 Å². The predicted molar refractivity (Wildman–Crippen MR) is 146 cm³/mol. The Bertz CT molecular complexity index is 1600. The zero-order valence-electron chi connectivity index (χ0n) is 21.0. The van der Waals surface area contributed by atoms with Crippen molar-refractivity contribution in [2.75, 3.05) is 11.9 Å². The molecule has 37 heavy (non-hydrogen) atoms. The summed E-state index contributed by atoms with van der Waals surface area (Å²) in [5.41, 5.74) is 3.56. The Labute approximate surface area is 217 Å². The zero-order chi connectivity index (χ0) is 26.6. The van der Waals surface area contributed by atoms with Gasteiger partial charge < -0.3 is 9.47 Å². The maximum absolute atomic E-state index is 12.8. The van der Waals surface area contributed by atoms with Crippen molar-refractivity contribution in [3.63, 3.8) is 0 Å². The van der Waals surface area contributed by atoms with E-state index in [4.69, 9.17) is 0 Å². The summed E-state index contributed by atoms with van der Waals surface area (Å²) in [6, 6.07) is 21.3. The van der Waals surface area contributed by atoms with E-state index >= 15 is 0 Å². The Morgan fingerprint density at radius 1 is 1.00 bits per heavy atom. The Balaban J connectivity index is 1.52. The van der Waals surface area contributed by atoms with Crippen molar-refractivity contribution in [3.8, 4) is 0 Å². The molecule has 1 heterocycles. The molecule has 0 aliphatic carbocycles. The fraction of sp³-hybridized carbons (Fsp3) is 0.172. The second kappa shape index (κ2) is 10.8. The van der Waals surface area contributed by atoms with Gasteiger partial charge >= 0.3 is 0 Å². The third kappa shape index (κ3) is 5.81. The van der Waals surface area contributed by atoms with Crippen LogP contribution in [-0.2, 0) is 21.4 Å². The molecular weight excluding hydrogens is 486 g/mol. The number of hydrogen-bond acceptors (Lipinski definition) is 4. The summed E-state index contributed by atoms with van der Waals surface area (Å²) in [5.74, 6) is -0.673. The number of carbonyl (C=O) groups is 2. The molecule has 3 aromatic carbocycles. The molecule has 190 valence electrons. The number of aromatic nitrogens is 1. The van der Waals surface area contributed by atoms with Crippen molar-refractivity contribution in [1.82, 2.24) is 9.29 Å². The van der Waals surface area contributed by atoms with Gasteiger partial charge in [-0.2, -0.15) is 0 Å². The number of nitrogens with one attached hydrogen (secondary N) is 1. The number of rotatable bonds is 8. The van der Waals surface area contributed by atoms with Gasteiger partial charge in [0.05, 0.1) is 4.90 Å². The second-order valence-electron chi connectivity index (χ2n) is 8.81. The van der Waals surface area contributed by atoms with Crippen molar-refractivity contribution in [2.24, 2.45) is 0 Å². The smallest absolute Gasteiger partial charge is 0.265 e. The van der Waals surface area contributed by atoms with Crippen LogP contribution >= 0.6 is 0 Å². The summed E-state index contributed by atoms with van der Waals surface area (Å²) in [7, 11) is -2.22. The lowest BCUT2D eigenvalue weighted by atomic mass is 10.1. The molecular formula is C29H29N3O4S. The number of benzene rings is 3. The van der Waals surface area contributed by atoms with Gasteiger partial charge in [0.25, 0.3) is 15.9 Å². The van der Waals surface area contributed by atoms with Gasteiger partial charge in [0, 0.05) is 48.4 Å². The predicted octanol–water partition coefficient (Wildman–Crippen LogP) is 5.05. The molecule has 0 saturated heterocycles. The number of anilines is 1. The van der Waals surface area contributed by atoms with Gasteiger partial charge in [-0.3, -0.25) is 9.59 Å². The maximum atomic E-state index is 12.8. The monoisotopic (exact) mass is 515 g/mol. The van der Waals surface area contributed by atoms with E-state index in [0.29, 0.717) is 18.5 Å². The summed E-state index contributed by atoms with van der Waals surface area (Å²) in [6.07, 6.45) is 5.96. The number of carbonyl (C=O) groups excluding carboxylic acids is 2. The van der Waals surface area contributed by atoms with Gasteiger partial charge in [-0.25, -0.2) is 13.1 Å². The number of fused-ring (bicyclic) bond motifs is 1. The van der Waals surface area contributed by atoms with Crippen LogP contribution in [0.3, 0.4) is 0 Å². The lowest BCUT2D eigenvalue weighted by molar-refractivity contribution is -0.117. The third-order valence-corrected chi connectivity index (χ3v) is 7.69. The van der Waals surface area contributed by atoms with E-state index in [1.807, 2.05) is 60.2 Å². The van der Waals surface area contributed by atoms with E-state index in [1.54, 1.807) is 55.3 Å². The van der Waals surface area contributed by atoms with Gasteiger partial charge in [-0.05, 0) is 67.4 Å². The number of hydrogen-bond donors (Lipinski definition) is 1. The quantitative estimate of drug-likeness (QED) is 0.333. The first-order chi connectivity index (χ1) is 17.7. The molecule has 0 atom stereocenters. The van der Waals surface area contributed by atoms with Crippen LogP contribution in [0.2, 0.25) is 0 Å². The Morgan fingerprint density at radius 2 is 1.78 bits per heavy atom. The second-order valence-corrected chi connectivity index (χ2v) is 10.5. The Morgan fingerprint density at radius 3 is 2.54 bits per heavy atom. The molecule has 4 aromatic rings. The van der Waals surface area contributed by atoms with Gasteiger partial charge in [-0.15, -0.1) is 0 Å². The Hall–Kier alpha value is -4.17. The van der Waals surface area contributed by atoms with Crippen LogP contribution in [-0.4, -0.2) is 31.8 Å². The fourth-order valence-electron chi connectivity index (χ4n) is 4.13. The van der Waals surface area contributed by atoms with Gasteiger partial charge in [0.15, 0.2) is 0 Å². The minimum Gasteiger partial charge on any atom is -0.343 e. The zero-order valence-corrected chi connectivity index (χ0v) is 21.8. The molecule has 0 spiro atoms. The molecule has 0 saturated carbocycles. The molecule has 1 N–H and O–H groups in total. The number of allylic oxidation sites excluding steroid dienone is 1. The molecule has 0 bridgehead atoms. The molecule has 0 unspecified atom stereocenters. The van der Waals surface area contributed by atoms with Gasteiger partial charge in [0.2, 0.25) is 5.91 Å². The molecule has 0 radical (unpaired) electrons. The Kier molecular flexibility index (Phi) is 7.59. The van der Waals surface area contributed by atoms with Crippen LogP contribution in [0, 0.1) is 6.92 Å². The molecule has 4 rings (SSSR count). The lowest BCUT2D eigenvalue weighted by Gasteiger charge is -2.18. The highest BCUT2D eigenvalue weighted by molar-refractivity contribution is 7.90. The maximum Gasteiger partial charge on any atom is 0.265 e. The fourth-order valence-corrected chi connectivity index (χ4v) is 5.35. The topological polar surface area (TPSA) is 88.5 Å². The molecule has 0 aliphatic heterocycles. The first kappa shape index (κ1) is 25.9. The van der Waals surface area contributed by atoms with Crippen molar-refractivity contribution in [1.29, 1.82) is 0 Å². The number of nitrogens with zero attached hydrogens (tertiary/aromatic N) is 2. The molecule has 0 fully saturated rings. The SMILES string of the molecule is CC=CCC(=O)N(C)c1cccc(Cn2ccc3cc(C(=O)NS(=O)(=O)c4ccccc4C)ccc32)c1. The van der Waals surface area contributed by atoms with Crippen LogP contribution in [0.4, 0.5) is 5.69 Å². The standard InChI is InChI=1S/C29H29N3O4S/c1-4-5-13-28(33)31(3)25-11-8-10-22(18-25)20-32-17-16-23-19-24(14-15-26(23)32)29(34)30-37(35,36)27-12-7-6-9-21(27)2/h4-12,14-19H,13,20H2,1-3H3,(H,30,34). The summed E-state index contributed by atoms with van der Waals surface area (Å²) >= 11 is 0. The minimum absolute atomic E-state index is 0.0110. The first-order valence-electron chi connectivity index (χ1n) is 11.9. The van der Waals surface area contributed by atoms with E-state index in [1.165, 1.54) is 6.07 Å². The van der Waals surface area contributed by atoms with Crippen LogP contribution in [0.1, 0.15) is 34.8 Å². The number of sulfonamides is 1. The van der Waals surface area contributed by atoms with Crippen LogP contribution in [0.15, 0.2) is 96.0 Å². The highest BCUT2D eigenvalue weighted by atomic mass is 32.2. The van der Waals surface area contributed by atoms with Gasteiger partial charge in [-0.1, -0.05) is 42.5 Å². The first-order valence-corrected chi connectivity index (χ1v) is 13.4. The number of aryl methyl sites for hydroxylation is 1. The van der Waals surface area contributed by atoms with Crippen molar-refractivity contribution < 1.29 is 18.0 Å². The van der Waals surface area contributed by atoms with E-state index in [2.05, 4.69) is 4.72 Å². The molecule has 2 amide bonds. The molecule has 1 aromatic heterocycles. The van der Waals surface area contributed by atoms with Gasteiger partial charge in [0.1, 0.15) is 0 Å². The highest BCUT2D eigenvalue weighted by Crippen LogP contribution is 2.22.